The van der Waals surface area contributed by atoms with Crippen LogP contribution in [-0.2, 0) is 27.8 Å². The molecule has 1 aromatic carbocycles. The van der Waals surface area contributed by atoms with Crippen molar-refractivity contribution in [1.29, 1.82) is 0 Å². The lowest BCUT2D eigenvalue weighted by atomic mass is 10.2. The van der Waals surface area contributed by atoms with Gasteiger partial charge in [0.15, 0.2) is 5.13 Å². The maximum Gasteiger partial charge on any atom is 0.253 e. The van der Waals surface area contributed by atoms with E-state index in [2.05, 4.69) is 18.0 Å². The molecule has 3 aromatic heterocycles. The smallest absolute Gasteiger partial charge is 0.253 e. The van der Waals surface area contributed by atoms with Gasteiger partial charge in [0.2, 0.25) is 5.91 Å². The summed E-state index contributed by atoms with van der Waals surface area (Å²) in [6, 6.07) is 14.2. The summed E-state index contributed by atoms with van der Waals surface area (Å²) in [7, 11) is -3.74. The van der Waals surface area contributed by atoms with Crippen molar-refractivity contribution >= 4 is 54.0 Å². The van der Waals surface area contributed by atoms with Crippen LogP contribution in [0.2, 0.25) is 0 Å². The summed E-state index contributed by atoms with van der Waals surface area (Å²) in [4.78, 5) is 24.7. The number of sulfonamides is 1. The second-order valence-corrected chi connectivity index (χ2v) is 12.2. The Morgan fingerprint density at radius 3 is 2.82 bits per heavy atom. The molecule has 1 amide bonds. The second-order valence-electron chi connectivity index (χ2n) is 8.10. The van der Waals surface area contributed by atoms with Crippen molar-refractivity contribution in [3.05, 3.63) is 71.4 Å². The number of fused-ring (bicyclic) bond motifs is 1. The Morgan fingerprint density at radius 1 is 1.21 bits per heavy atom. The van der Waals surface area contributed by atoms with Gasteiger partial charge in [0, 0.05) is 12.7 Å². The zero-order valence-corrected chi connectivity index (χ0v) is 21.1. The number of pyridine rings is 1. The molecule has 1 fully saturated rings. The first-order chi connectivity index (χ1) is 16.5. The Labute approximate surface area is 206 Å². The highest BCUT2D eigenvalue weighted by Gasteiger charge is 2.42. The zero-order valence-electron chi connectivity index (χ0n) is 18.6. The Bertz CT molecular complexity index is 1400. The molecule has 5 rings (SSSR count). The number of carbonyl (C=O) groups is 1. The van der Waals surface area contributed by atoms with Crippen LogP contribution in [0.3, 0.4) is 0 Å². The summed E-state index contributed by atoms with van der Waals surface area (Å²) >= 11 is 2.62. The minimum atomic E-state index is -3.74. The van der Waals surface area contributed by atoms with Gasteiger partial charge in [-0.05, 0) is 60.5 Å². The molecule has 1 atom stereocenters. The Kier molecular flexibility index (Phi) is 6.48. The lowest BCUT2D eigenvalue weighted by Crippen LogP contribution is -2.47. The van der Waals surface area contributed by atoms with Gasteiger partial charge in [-0.3, -0.25) is 14.7 Å². The van der Waals surface area contributed by atoms with Crippen molar-refractivity contribution in [3.8, 4) is 0 Å². The number of benzene rings is 1. The van der Waals surface area contributed by atoms with Crippen LogP contribution in [0.5, 0.6) is 0 Å². The summed E-state index contributed by atoms with van der Waals surface area (Å²) in [6.07, 6.45) is 3.72. The molecule has 1 aliphatic rings. The fourth-order valence-electron chi connectivity index (χ4n) is 4.17. The average Bonchev–Trinajstić information content (AvgIpc) is 3.62. The van der Waals surface area contributed by atoms with E-state index in [1.54, 1.807) is 28.6 Å². The largest absolute Gasteiger partial charge is 0.281 e. The summed E-state index contributed by atoms with van der Waals surface area (Å²) < 4.78 is 29.2. The Morgan fingerprint density at radius 2 is 2.09 bits per heavy atom. The zero-order chi connectivity index (χ0) is 23.7. The minimum Gasteiger partial charge on any atom is -0.281 e. The number of thiophene rings is 1. The number of aryl methyl sites for hydroxylation is 1. The number of rotatable bonds is 7. The molecule has 1 saturated heterocycles. The first kappa shape index (κ1) is 23.1. The molecule has 10 heteroatoms. The van der Waals surface area contributed by atoms with Gasteiger partial charge in [0.05, 0.1) is 22.5 Å². The normalized spacial score (nSPS) is 16.8. The van der Waals surface area contributed by atoms with Crippen molar-refractivity contribution in [1.82, 2.24) is 14.3 Å². The first-order valence-corrected chi connectivity index (χ1v) is 14.3. The minimum absolute atomic E-state index is 0.226. The van der Waals surface area contributed by atoms with Crippen LogP contribution in [0.1, 0.15) is 31.0 Å². The molecule has 1 aliphatic heterocycles. The molecule has 176 valence electrons. The van der Waals surface area contributed by atoms with E-state index in [0.717, 1.165) is 22.3 Å². The number of carbonyl (C=O) groups excluding carboxylic acids is 1. The highest BCUT2D eigenvalue weighted by atomic mass is 32.2. The number of amides is 1. The number of hydrogen-bond acceptors (Lipinski definition) is 7. The predicted molar refractivity (Wildman–Crippen MR) is 136 cm³/mol. The number of aromatic nitrogens is 2. The molecule has 0 aliphatic carbocycles. The maximum absolute atomic E-state index is 13.9. The summed E-state index contributed by atoms with van der Waals surface area (Å²) in [6.45, 7) is 2.65. The van der Waals surface area contributed by atoms with Crippen molar-refractivity contribution in [2.75, 3.05) is 11.4 Å². The highest BCUT2D eigenvalue weighted by Crippen LogP contribution is 2.34. The van der Waals surface area contributed by atoms with Gasteiger partial charge in [0.1, 0.15) is 10.3 Å². The van der Waals surface area contributed by atoms with E-state index in [0.29, 0.717) is 24.5 Å². The van der Waals surface area contributed by atoms with Gasteiger partial charge in [-0.2, -0.15) is 4.31 Å². The third kappa shape index (κ3) is 4.38. The van der Waals surface area contributed by atoms with Crippen molar-refractivity contribution in [3.63, 3.8) is 0 Å². The highest BCUT2D eigenvalue weighted by molar-refractivity contribution is 7.91. The molecule has 0 saturated carbocycles. The predicted octanol–water partition coefficient (Wildman–Crippen LogP) is 4.70. The van der Waals surface area contributed by atoms with Crippen molar-refractivity contribution < 1.29 is 13.2 Å². The molecule has 1 unspecified atom stereocenters. The van der Waals surface area contributed by atoms with Crippen LogP contribution in [-0.4, -0.2) is 41.2 Å². The van der Waals surface area contributed by atoms with Gasteiger partial charge in [0.25, 0.3) is 10.0 Å². The lowest BCUT2D eigenvalue weighted by Gasteiger charge is -2.28. The van der Waals surface area contributed by atoms with Crippen LogP contribution < -0.4 is 4.90 Å². The molecule has 0 bridgehead atoms. The number of thiazole rings is 1. The summed E-state index contributed by atoms with van der Waals surface area (Å²) in [5.74, 6) is -0.266. The quantitative estimate of drug-likeness (QED) is 0.358. The molecule has 0 spiro atoms. The number of anilines is 1. The molecule has 7 nitrogen and oxygen atoms in total. The van der Waals surface area contributed by atoms with E-state index < -0.39 is 16.1 Å². The van der Waals surface area contributed by atoms with E-state index in [4.69, 9.17) is 4.98 Å². The van der Waals surface area contributed by atoms with Gasteiger partial charge in [-0.25, -0.2) is 13.4 Å². The SMILES string of the molecule is CCc1ccc2nc(N(Cc3ccccn3)C(=O)C3CCCN3S(=O)(=O)c3cccs3)sc2c1. The first-order valence-electron chi connectivity index (χ1n) is 11.1. The third-order valence-corrected chi connectivity index (χ3v) is 10.3. The van der Waals surface area contributed by atoms with Crippen LogP contribution in [0, 0.1) is 0 Å². The Hall–Kier alpha value is -2.66. The van der Waals surface area contributed by atoms with Crippen LogP contribution in [0.15, 0.2) is 64.3 Å². The van der Waals surface area contributed by atoms with E-state index >= 15 is 0 Å². The molecule has 4 heterocycles. The lowest BCUT2D eigenvalue weighted by molar-refractivity contribution is -0.121. The molecule has 0 N–H and O–H groups in total. The van der Waals surface area contributed by atoms with Gasteiger partial charge < -0.3 is 0 Å². The topological polar surface area (TPSA) is 83.5 Å². The van der Waals surface area contributed by atoms with Crippen molar-refractivity contribution in [2.45, 2.75) is 43.0 Å². The molecule has 34 heavy (non-hydrogen) atoms. The second kappa shape index (κ2) is 9.53. The van der Waals surface area contributed by atoms with Crippen LogP contribution in [0.25, 0.3) is 10.2 Å². The van der Waals surface area contributed by atoms with Gasteiger partial charge in [-0.1, -0.05) is 36.5 Å². The standard InChI is InChI=1S/C24H24N4O3S3/c1-2-17-10-11-19-21(15-17)33-24(26-19)27(16-18-7-3-4-12-25-18)23(29)20-8-5-13-28(20)34(30,31)22-9-6-14-32-22/h3-4,6-7,9-12,14-15,20H,2,5,8,13,16H2,1H3. The fourth-order valence-corrected chi connectivity index (χ4v) is 7.97. The monoisotopic (exact) mass is 512 g/mol. The third-order valence-electron chi connectivity index (χ3n) is 5.94. The van der Waals surface area contributed by atoms with Gasteiger partial charge in [-0.15, -0.1) is 11.3 Å². The van der Waals surface area contributed by atoms with Crippen molar-refractivity contribution in [2.24, 2.45) is 0 Å². The molecular weight excluding hydrogens is 488 g/mol. The fraction of sp³-hybridized carbons (Fsp3) is 0.292. The molecule has 0 radical (unpaired) electrons. The van der Waals surface area contributed by atoms with E-state index in [1.807, 2.05) is 30.3 Å². The molecule has 4 aromatic rings. The average molecular weight is 513 g/mol. The number of hydrogen-bond donors (Lipinski definition) is 0. The van der Waals surface area contributed by atoms with Gasteiger partial charge >= 0.3 is 0 Å². The van der Waals surface area contributed by atoms with E-state index in [1.165, 1.54) is 32.5 Å². The van der Waals surface area contributed by atoms with E-state index in [-0.39, 0.29) is 16.7 Å². The van der Waals surface area contributed by atoms with Crippen LogP contribution >= 0.6 is 22.7 Å². The Balaban J connectivity index is 1.53. The number of nitrogens with zero attached hydrogens (tertiary/aromatic N) is 4. The maximum atomic E-state index is 13.9. The van der Waals surface area contributed by atoms with E-state index in [9.17, 15) is 13.2 Å². The summed E-state index contributed by atoms with van der Waals surface area (Å²) in [5, 5.41) is 2.29. The summed E-state index contributed by atoms with van der Waals surface area (Å²) in [5.41, 5.74) is 2.75. The molecular formula is C24H24N4O3S3. The van der Waals surface area contributed by atoms with Crippen LogP contribution in [0.4, 0.5) is 5.13 Å².